The second kappa shape index (κ2) is 4.86. The quantitative estimate of drug-likeness (QED) is 0.798. The fourth-order valence-corrected chi connectivity index (χ4v) is 1.89. The topological polar surface area (TPSA) is 21.6 Å². The number of hydrogen-bond donors (Lipinski definition) is 0. The molecule has 0 spiro atoms. The Morgan fingerprint density at radius 2 is 2.33 bits per heavy atom. The van der Waals surface area contributed by atoms with Crippen LogP contribution in [-0.2, 0) is 11.2 Å². The summed E-state index contributed by atoms with van der Waals surface area (Å²) in [4.78, 5) is 4.05. The summed E-state index contributed by atoms with van der Waals surface area (Å²) in [5.74, 6) is 0. The van der Waals surface area contributed by atoms with E-state index in [1.807, 2.05) is 12.1 Å². The average molecular weight is 243 g/mol. The van der Waals surface area contributed by atoms with Gasteiger partial charge in [0.05, 0.1) is 6.04 Å². The molecule has 1 heterocycles. The molecule has 1 atom stereocenters. The van der Waals surface area contributed by atoms with E-state index in [9.17, 15) is 0 Å². The van der Waals surface area contributed by atoms with Gasteiger partial charge >= 0.3 is 0 Å². The second-order valence-corrected chi connectivity index (χ2v) is 4.30. The Balaban J connectivity index is 1.97. The summed E-state index contributed by atoms with van der Waals surface area (Å²) in [7, 11) is 0. The van der Waals surface area contributed by atoms with Crippen LogP contribution in [0.4, 0.5) is 0 Å². The van der Waals surface area contributed by atoms with Crippen LogP contribution in [0.3, 0.4) is 0 Å². The van der Waals surface area contributed by atoms with Crippen LogP contribution < -0.4 is 0 Å². The fourth-order valence-electron chi connectivity index (χ4n) is 1.49. The molecule has 0 amide bonds. The lowest BCUT2D eigenvalue weighted by atomic mass is 10.1. The molecule has 0 aromatic heterocycles. The third-order valence-electron chi connectivity index (χ3n) is 2.33. The van der Waals surface area contributed by atoms with Crippen molar-refractivity contribution in [1.82, 2.24) is 0 Å². The molecule has 0 N–H and O–H groups in total. The maximum Gasteiger partial charge on any atom is 0.273 e. The Morgan fingerprint density at radius 3 is 3.07 bits per heavy atom. The lowest BCUT2D eigenvalue weighted by Gasteiger charge is -2.07. The van der Waals surface area contributed by atoms with Gasteiger partial charge in [-0.1, -0.05) is 23.2 Å². The summed E-state index contributed by atoms with van der Waals surface area (Å²) < 4.78 is 4.92. The maximum absolute atomic E-state index is 6.05. The maximum atomic E-state index is 6.05. The average Bonchev–Trinajstić information content (AvgIpc) is 2.72. The minimum atomic E-state index is 0.208. The summed E-state index contributed by atoms with van der Waals surface area (Å²) >= 11 is 11.9. The first kappa shape index (κ1) is 10.8. The van der Waals surface area contributed by atoms with E-state index >= 15 is 0 Å². The molecule has 0 bridgehead atoms. The van der Waals surface area contributed by atoms with E-state index in [0.29, 0.717) is 11.6 Å². The van der Waals surface area contributed by atoms with E-state index < -0.39 is 0 Å². The van der Waals surface area contributed by atoms with Crippen molar-refractivity contribution in [2.45, 2.75) is 18.9 Å². The number of aliphatic imine (C=N–C) groups is 1. The highest BCUT2D eigenvalue weighted by Crippen LogP contribution is 2.22. The van der Waals surface area contributed by atoms with Crippen LogP contribution in [0.1, 0.15) is 12.0 Å². The van der Waals surface area contributed by atoms with Gasteiger partial charge in [0.25, 0.3) is 6.40 Å². The van der Waals surface area contributed by atoms with Gasteiger partial charge in [0, 0.05) is 10.0 Å². The molecule has 1 radical (unpaired) electrons. The molecule has 2 nitrogen and oxygen atoms in total. The first-order chi connectivity index (χ1) is 7.25. The molecule has 79 valence electrons. The highest BCUT2D eigenvalue weighted by Gasteiger charge is 2.13. The number of ether oxygens (including phenoxy) is 1. The molecular weight excluding hydrogens is 233 g/mol. The van der Waals surface area contributed by atoms with Crippen LogP contribution >= 0.6 is 23.2 Å². The van der Waals surface area contributed by atoms with Crippen LogP contribution in [0, 0.1) is 0 Å². The molecule has 2 rings (SSSR count). The standard InChI is InChI=1S/C11H10Cl2NO/c12-9-2-4-11(13)8(5-9)1-3-10-6-15-7-14-10/h2,4-5,10H,1,3,6H2. The smallest absolute Gasteiger partial charge is 0.273 e. The van der Waals surface area contributed by atoms with Crippen molar-refractivity contribution in [3.05, 3.63) is 33.8 Å². The van der Waals surface area contributed by atoms with E-state index in [0.717, 1.165) is 23.4 Å². The molecule has 4 heteroatoms. The predicted octanol–water partition coefficient (Wildman–Crippen LogP) is 3.23. The van der Waals surface area contributed by atoms with Crippen LogP contribution in [-0.4, -0.2) is 19.0 Å². The lowest BCUT2D eigenvalue weighted by Crippen LogP contribution is -2.07. The Hall–Kier alpha value is -0.730. The third kappa shape index (κ3) is 2.86. The monoisotopic (exact) mass is 242 g/mol. The zero-order valence-corrected chi connectivity index (χ0v) is 9.55. The number of benzene rings is 1. The van der Waals surface area contributed by atoms with Crippen molar-refractivity contribution >= 4 is 29.6 Å². The Kier molecular flexibility index (Phi) is 3.49. The zero-order chi connectivity index (χ0) is 10.7. The van der Waals surface area contributed by atoms with Crippen molar-refractivity contribution in [3.63, 3.8) is 0 Å². The summed E-state index contributed by atoms with van der Waals surface area (Å²) in [6, 6.07) is 5.71. The second-order valence-electron chi connectivity index (χ2n) is 3.46. The largest absolute Gasteiger partial charge is 0.472 e. The van der Waals surface area contributed by atoms with Crippen molar-refractivity contribution < 1.29 is 4.74 Å². The number of aryl methyl sites for hydroxylation is 1. The van der Waals surface area contributed by atoms with Crippen molar-refractivity contribution in [1.29, 1.82) is 0 Å². The minimum Gasteiger partial charge on any atom is -0.472 e. The van der Waals surface area contributed by atoms with Gasteiger partial charge in [0.1, 0.15) is 6.61 Å². The Labute approximate surface area is 98.9 Å². The molecule has 15 heavy (non-hydrogen) atoms. The summed E-state index contributed by atoms with van der Waals surface area (Å²) in [6.07, 6.45) is 4.27. The lowest BCUT2D eigenvalue weighted by molar-refractivity contribution is 0.322. The predicted molar refractivity (Wildman–Crippen MR) is 62.0 cm³/mol. The molecule has 0 fully saturated rings. The number of nitrogens with zero attached hydrogens (tertiary/aromatic N) is 1. The molecule has 1 aromatic rings. The molecule has 1 unspecified atom stereocenters. The van der Waals surface area contributed by atoms with Crippen LogP contribution in [0.5, 0.6) is 0 Å². The van der Waals surface area contributed by atoms with Gasteiger partial charge in [0.2, 0.25) is 0 Å². The third-order valence-corrected chi connectivity index (χ3v) is 2.93. The molecular formula is C11H10Cl2NO. The molecule has 0 saturated heterocycles. The summed E-state index contributed by atoms with van der Waals surface area (Å²) in [5.41, 5.74) is 1.06. The zero-order valence-electron chi connectivity index (χ0n) is 8.04. The van der Waals surface area contributed by atoms with E-state index in [1.54, 1.807) is 6.07 Å². The van der Waals surface area contributed by atoms with E-state index in [-0.39, 0.29) is 6.04 Å². The summed E-state index contributed by atoms with van der Waals surface area (Å²) in [5, 5.41) is 1.47. The first-order valence-electron chi connectivity index (χ1n) is 4.76. The van der Waals surface area contributed by atoms with Crippen LogP contribution in [0.25, 0.3) is 0 Å². The van der Waals surface area contributed by atoms with Gasteiger partial charge in [-0.05, 0) is 36.6 Å². The SMILES string of the molecule is Clc1ccc(Cl)c(CCC2CO[C]=N2)c1. The Morgan fingerprint density at radius 1 is 1.47 bits per heavy atom. The van der Waals surface area contributed by atoms with Gasteiger partial charge in [0.15, 0.2) is 0 Å². The number of halogens is 2. The van der Waals surface area contributed by atoms with Crippen molar-refractivity contribution in [2.24, 2.45) is 4.99 Å². The first-order valence-corrected chi connectivity index (χ1v) is 5.52. The normalized spacial score (nSPS) is 19.2. The van der Waals surface area contributed by atoms with Gasteiger partial charge in [-0.15, -0.1) is 0 Å². The van der Waals surface area contributed by atoms with Crippen molar-refractivity contribution in [2.75, 3.05) is 6.61 Å². The van der Waals surface area contributed by atoms with Gasteiger partial charge < -0.3 is 4.74 Å². The van der Waals surface area contributed by atoms with E-state index in [1.165, 1.54) is 0 Å². The van der Waals surface area contributed by atoms with Crippen LogP contribution in [0.15, 0.2) is 23.2 Å². The van der Waals surface area contributed by atoms with Gasteiger partial charge in [-0.2, -0.15) is 0 Å². The van der Waals surface area contributed by atoms with Gasteiger partial charge in [-0.3, -0.25) is 0 Å². The van der Waals surface area contributed by atoms with Gasteiger partial charge in [-0.25, -0.2) is 4.99 Å². The molecule has 1 aliphatic rings. The Bertz CT molecular complexity index is 379. The van der Waals surface area contributed by atoms with E-state index in [4.69, 9.17) is 27.9 Å². The fraction of sp³-hybridized carbons (Fsp3) is 0.364. The van der Waals surface area contributed by atoms with Crippen LogP contribution in [0.2, 0.25) is 10.0 Å². The number of hydrogen-bond acceptors (Lipinski definition) is 2. The molecule has 1 aromatic carbocycles. The number of rotatable bonds is 3. The molecule has 1 aliphatic heterocycles. The summed E-state index contributed by atoms with van der Waals surface area (Å²) in [6.45, 7) is 0.623. The highest BCUT2D eigenvalue weighted by molar-refractivity contribution is 6.33. The van der Waals surface area contributed by atoms with Crippen molar-refractivity contribution in [3.8, 4) is 0 Å². The highest BCUT2D eigenvalue weighted by atomic mass is 35.5. The molecule has 0 aliphatic carbocycles. The minimum absolute atomic E-state index is 0.208. The van der Waals surface area contributed by atoms with E-state index in [2.05, 4.69) is 11.4 Å². The molecule has 0 saturated carbocycles.